The molecule has 3 rings (SSSR count). The van der Waals surface area contributed by atoms with E-state index in [-0.39, 0.29) is 0 Å². The monoisotopic (exact) mass is 284 g/mol. The average molecular weight is 284 g/mol. The molecule has 1 saturated heterocycles. The Morgan fingerprint density at radius 3 is 2.86 bits per heavy atom. The molecule has 1 aliphatic rings. The number of aldehydes is 1. The largest absolute Gasteiger partial charge is 0.381 e. The van der Waals surface area contributed by atoms with Gasteiger partial charge >= 0.3 is 0 Å². The maximum Gasteiger partial charge on any atom is 0.168 e. The first-order chi connectivity index (χ1) is 10.3. The second-order valence-corrected chi connectivity index (χ2v) is 5.64. The molecule has 0 N–H and O–H groups in total. The highest BCUT2D eigenvalue weighted by Gasteiger charge is 2.18. The topological polar surface area (TPSA) is 42.4 Å². The van der Waals surface area contributed by atoms with Crippen molar-refractivity contribution in [2.24, 2.45) is 0 Å². The maximum atomic E-state index is 10.8. The third-order valence-corrected chi connectivity index (χ3v) is 4.14. The number of rotatable bonds is 4. The van der Waals surface area contributed by atoms with E-state index >= 15 is 0 Å². The molecule has 21 heavy (non-hydrogen) atoms. The van der Waals surface area contributed by atoms with E-state index < -0.39 is 0 Å². The summed E-state index contributed by atoms with van der Waals surface area (Å²) < 4.78 is 5.42. The molecule has 0 amide bonds. The van der Waals surface area contributed by atoms with Crippen LogP contribution in [-0.4, -0.2) is 42.5 Å². The fourth-order valence-corrected chi connectivity index (χ4v) is 2.90. The van der Waals surface area contributed by atoms with Gasteiger partial charge in [0.1, 0.15) is 5.69 Å². The third-order valence-electron chi connectivity index (χ3n) is 4.14. The van der Waals surface area contributed by atoms with Crippen LogP contribution in [0.2, 0.25) is 0 Å². The van der Waals surface area contributed by atoms with Gasteiger partial charge in [0, 0.05) is 31.2 Å². The first kappa shape index (κ1) is 14.2. The Hall–Kier alpha value is -1.78. The fourth-order valence-electron chi connectivity index (χ4n) is 2.90. The Labute approximate surface area is 124 Å². The highest BCUT2D eigenvalue weighted by atomic mass is 16.5. The quantitative estimate of drug-likeness (QED) is 0.810. The van der Waals surface area contributed by atoms with Crippen molar-refractivity contribution in [3.63, 3.8) is 0 Å². The predicted molar refractivity (Wildman–Crippen MR) is 82.4 cm³/mol. The lowest BCUT2D eigenvalue weighted by molar-refractivity contribution is 0.0407. The fraction of sp³-hybridized carbons (Fsp3) is 0.412. The van der Waals surface area contributed by atoms with E-state index in [1.165, 1.54) is 5.56 Å². The molecular formula is C17H20N2O2. The van der Waals surface area contributed by atoms with Gasteiger partial charge in [-0.15, -0.1) is 0 Å². The number of nitrogens with zero attached hydrogens (tertiary/aromatic N) is 2. The van der Waals surface area contributed by atoms with Gasteiger partial charge in [-0.3, -0.25) is 9.69 Å². The Bertz CT molecular complexity index is 636. The van der Waals surface area contributed by atoms with E-state index in [1.54, 1.807) is 6.07 Å². The van der Waals surface area contributed by atoms with Crippen LogP contribution in [0.25, 0.3) is 10.9 Å². The molecule has 4 nitrogen and oxygen atoms in total. The zero-order chi connectivity index (χ0) is 14.7. The van der Waals surface area contributed by atoms with Gasteiger partial charge in [0.2, 0.25) is 0 Å². The van der Waals surface area contributed by atoms with Gasteiger partial charge in [-0.05, 0) is 43.7 Å². The maximum absolute atomic E-state index is 10.8. The van der Waals surface area contributed by atoms with Gasteiger partial charge < -0.3 is 4.74 Å². The highest BCUT2D eigenvalue weighted by Crippen LogP contribution is 2.19. The van der Waals surface area contributed by atoms with Gasteiger partial charge in [0.25, 0.3) is 0 Å². The van der Waals surface area contributed by atoms with Crippen LogP contribution in [0.4, 0.5) is 0 Å². The number of hydrogen-bond acceptors (Lipinski definition) is 4. The number of fused-ring (bicyclic) bond motifs is 1. The Morgan fingerprint density at radius 1 is 1.29 bits per heavy atom. The molecule has 1 aliphatic heterocycles. The SMILES string of the molecule is CN(Cc1ccc2nc(C=O)ccc2c1)C1CCOCC1. The van der Waals surface area contributed by atoms with Crippen LogP contribution in [0.3, 0.4) is 0 Å². The number of carbonyl (C=O) groups excluding carboxylic acids is 1. The summed E-state index contributed by atoms with van der Waals surface area (Å²) in [6, 6.07) is 10.6. The van der Waals surface area contributed by atoms with Crippen LogP contribution in [-0.2, 0) is 11.3 Å². The van der Waals surface area contributed by atoms with E-state index in [4.69, 9.17) is 4.74 Å². The van der Waals surface area contributed by atoms with Crippen molar-refractivity contribution >= 4 is 17.2 Å². The minimum Gasteiger partial charge on any atom is -0.381 e. The number of aromatic nitrogens is 1. The molecule has 1 aromatic carbocycles. The van der Waals surface area contributed by atoms with Crippen molar-refractivity contribution < 1.29 is 9.53 Å². The summed E-state index contributed by atoms with van der Waals surface area (Å²) in [6.45, 7) is 2.66. The summed E-state index contributed by atoms with van der Waals surface area (Å²) in [5.74, 6) is 0. The molecule has 0 aliphatic carbocycles. The molecule has 0 spiro atoms. The number of hydrogen-bond donors (Lipinski definition) is 0. The molecule has 0 bridgehead atoms. The molecule has 0 radical (unpaired) electrons. The van der Waals surface area contributed by atoms with Crippen molar-refractivity contribution in [1.29, 1.82) is 0 Å². The Morgan fingerprint density at radius 2 is 2.10 bits per heavy atom. The zero-order valence-corrected chi connectivity index (χ0v) is 12.3. The Balaban J connectivity index is 1.76. The highest BCUT2D eigenvalue weighted by molar-refractivity contribution is 5.83. The lowest BCUT2D eigenvalue weighted by atomic mass is 10.1. The third kappa shape index (κ3) is 3.28. The van der Waals surface area contributed by atoms with Gasteiger partial charge in [0.15, 0.2) is 6.29 Å². The van der Waals surface area contributed by atoms with E-state index in [0.29, 0.717) is 11.7 Å². The predicted octanol–water partition coefficient (Wildman–Crippen LogP) is 2.66. The van der Waals surface area contributed by atoms with Crippen LogP contribution in [0.5, 0.6) is 0 Å². The smallest absolute Gasteiger partial charge is 0.168 e. The molecule has 0 saturated carbocycles. The van der Waals surface area contributed by atoms with E-state index in [1.807, 2.05) is 12.1 Å². The molecule has 1 fully saturated rings. The van der Waals surface area contributed by atoms with Crippen LogP contribution in [0.15, 0.2) is 30.3 Å². The van der Waals surface area contributed by atoms with Gasteiger partial charge in [-0.1, -0.05) is 12.1 Å². The summed E-state index contributed by atoms with van der Waals surface area (Å²) in [5, 5.41) is 1.08. The molecular weight excluding hydrogens is 264 g/mol. The van der Waals surface area contributed by atoms with E-state index in [2.05, 4.69) is 29.1 Å². The number of ether oxygens (including phenoxy) is 1. The molecule has 2 heterocycles. The van der Waals surface area contributed by atoms with Gasteiger partial charge in [-0.25, -0.2) is 4.98 Å². The standard InChI is InChI=1S/C17H20N2O2/c1-19(16-6-8-21-9-7-16)11-13-2-5-17-14(10-13)3-4-15(12-20)18-17/h2-5,10,12,16H,6-9,11H2,1H3. The molecule has 4 heteroatoms. The van der Waals surface area contributed by atoms with Crippen molar-refractivity contribution in [2.45, 2.75) is 25.4 Å². The normalized spacial score (nSPS) is 16.5. The van der Waals surface area contributed by atoms with Crippen molar-refractivity contribution in [3.8, 4) is 0 Å². The van der Waals surface area contributed by atoms with Crippen LogP contribution in [0.1, 0.15) is 28.9 Å². The van der Waals surface area contributed by atoms with E-state index in [9.17, 15) is 4.79 Å². The van der Waals surface area contributed by atoms with Crippen molar-refractivity contribution in [2.75, 3.05) is 20.3 Å². The number of carbonyl (C=O) groups is 1. The second kappa shape index (κ2) is 6.33. The summed E-state index contributed by atoms with van der Waals surface area (Å²) in [5.41, 5.74) is 2.63. The van der Waals surface area contributed by atoms with Crippen LogP contribution in [0, 0.1) is 0 Å². The first-order valence-corrected chi connectivity index (χ1v) is 7.39. The molecule has 0 atom stereocenters. The summed E-state index contributed by atoms with van der Waals surface area (Å²) >= 11 is 0. The first-order valence-electron chi connectivity index (χ1n) is 7.39. The Kier molecular flexibility index (Phi) is 4.27. The van der Waals surface area contributed by atoms with Gasteiger partial charge in [-0.2, -0.15) is 0 Å². The summed E-state index contributed by atoms with van der Waals surface area (Å²) in [7, 11) is 2.17. The van der Waals surface area contributed by atoms with Crippen LogP contribution >= 0.6 is 0 Å². The van der Waals surface area contributed by atoms with Crippen LogP contribution < -0.4 is 0 Å². The van der Waals surface area contributed by atoms with Crippen molar-refractivity contribution in [3.05, 3.63) is 41.6 Å². The average Bonchev–Trinajstić information content (AvgIpc) is 2.55. The molecule has 1 aromatic heterocycles. The van der Waals surface area contributed by atoms with Crippen molar-refractivity contribution in [1.82, 2.24) is 9.88 Å². The molecule has 0 unspecified atom stereocenters. The van der Waals surface area contributed by atoms with Gasteiger partial charge in [0.05, 0.1) is 5.52 Å². The second-order valence-electron chi connectivity index (χ2n) is 5.64. The summed E-state index contributed by atoms with van der Waals surface area (Å²) in [6.07, 6.45) is 2.99. The lowest BCUT2D eigenvalue weighted by Gasteiger charge is -2.31. The molecule has 110 valence electrons. The number of pyridine rings is 1. The summed E-state index contributed by atoms with van der Waals surface area (Å²) in [4.78, 5) is 17.5. The zero-order valence-electron chi connectivity index (χ0n) is 12.3. The minimum absolute atomic E-state index is 0.481. The minimum atomic E-state index is 0.481. The van der Waals surface area contributed by atoms with E-state index in [0.717, 1.165) is 49.8 Å². The molecule has 2 aromatic rings. The number of benzene rings is 1. The lowest BCUT2D eigenvalue weighted by Crippen LogP contribution is -2.36.